The van der Waals surface area contributed by atoms with Gasteiger partial charge in [0.15, 0.2) is 0 Å². The molecule has 0 bridgehead atoms. The van der Waals surface area contributed by atoms with Gasteiger partial charge in [-0.05, 0) is 39.5 Å². The molecule has 3 heteroatoms. The highest BCUT2D eigenvalue weighted by molar-refractivity contribution is 5.58. The number of methoxy groups -OCH3 is 1. The first-order chi connectivity index (χ1) is 6.44. The molecule has 0 N–H and O–H groups in total. The van der Waals surface area contributed by atoms with Crippen LogP contribution >= 0.6 is 0 Å². The Morgan fingerprint density at radius 1 is 1.50 bits per heavy atom. The lowest BCUT2D eigenvalue weighted by atomic mass is 10.1. The quantitative estimate of drug-likeness (QED) is 0.637. The van der Waals surface area contributed by atoms with Crippen molar-refractivity contribution in [2.45, 2.75) is 39.2 Å². The lowest BCUT2D eigenvalue weighted by Crippen LogP contribution is -2.15. The van der Waals surface area contributed by atoms with Crippen molar-refractivity contribution in [1.29, 1.82) is 5.26 Å². The molecule has 0 heterocycles. The number of nitriles is 1. The minimum Gasteiger partial charge on any atom is -0.379 e. The Morgan fingerprint density at radius 3 is 2.00 bits per heavy atom. The maximum Gasteiger partial charge on any atom is 0.137 e. The predicted octanol–water partition coefficient (Wildman–Crippen LogP) is 2.17. The van der Waals surface area contributed by atoms with Crippen molar-refractivity contribution in [3.8, 4) is 6.07 Å². The van der Waals surface area contributed by atoms with Crippen molar-refractivity contribution in [3.05, 3.63) is 0 Å². The summed E-state index contributed by atoms with van der Waals surface area (Å²) in [4.78, 5) is 10.00. The second kappa shape index (κ2) is 5.77. The normalized spacial score (nSPS) is 17.4. The van der Waals surface area contributed by atoms with E-state index in [1.807, 2.05) is 26.8 Å². The molecule has 0 radical (unpaired) electrons. The van der Waals surface area contributed by atoms with Gasteiger partial charge in [-0.3, -0.25) is 0 Å². The average Bonchev–Trinajstić information content (AvgIpc) is 2.91. The van der Waals surface area contributed by atoms with Crippen molar-refractivity contribution in [3.63, 3.8) is 0 Å². The van der Waals surface area contributed by atoms with Gasteiger partial charge in [0.1, 0.15) is 12.2 Å². The van der Waals surface area contributed by atoms with Gasteiger partial charge in [0.25, 0.3) is 0 Å². The third kappa shape index (κ3) is 6.62. The third-order valence-corrected chi connectivity index (χ3v) is 2.04. The number of hydrogen-bond acceptors (Lipinski definition) is 3. The van der Waals surface area contributed by atoms with E-state index in [0.29, 0.717) is 5.92 Å². The zero-order chi connectivity index (χ0) is 11.2. The summed E-state index contributed by atoms with van der Waals surface area (Å²) in [5, 5.41) is 8.26. The van der Waals surface area contributed by atoms with Crippen LogP contribution in [0.1, 0.15) is 33.6 Å². The van der Waals surface area contributed by atoms with Crippen LogP contribution in [0.5, 0.6) is 0 Å². The maximum atomic E-state index is 10.00. The van der Waals surface area contributed by atoms with Gasteiger partial charge in [-0.1, -0.05) is 0 Å². The first-order valence-electron chi connectivity index (χ1n) is 4.84. The fraction of sp³-hybridized carbons (Fsp3) is 0.818. The highest BCUT2D eigenvalue weighted by atomic mass is 16.5. The van der Waals surface area contributed by atoms with E-state index >= 15 is 0 Å². The van der Waals surface area contributed by atoms with E-state index in [0.717, 1.165) is 19.1 Å². The molecule has 3 nitrogen and oxygen atoms in total. The van der Waals surface area contributed by atoms with E-state index in [2.05, 4.69) is 0 Å². The number of hydrogen-bond donors (Lipinski definition) is 0. The van der Waals surface area contributed by atoms with Crippen molar-refractivity contribution in [1.82, 2.24) is 0 Å². The average molecular weight is 197 g/mol. The Labute approximate surface area is 86.1 Å². The van der Waals surface area contributed by atoms with E-state index < -0.39 is 0 Å². The molecular formula is C11H19NO2. The summed E-state index contributed by atoms with van der Waals surface area (Å²) in [6.07, 6.45) is 2.88. The Balaban J connectivity index is 0.000000255. The van der Waals surface area contributed by atoms with E-state index in [1.54, 1.807) is 7.11 Å². The molecule has 0 aromatic carbocycles. The minimum atomic E-state index is -0.310. The van der Waals surface area contributed by atoms with Crippen LogP contribution in [0, 0.1) is 23.2 Å². The van der Waals surface area contributed by atoms with Gasteiger partial charge in [-0.25, -0.2) is 0 Å². The smallest absolute Gasteiger partial charge is 0.137 e. The molecule has 1 unspecified atom stereocenters. The largest absolute Gasteiger partial charge is 0.379 e. The molecule has 0 aromatic rings. The zero-order valence-electron chi connectivity index (χ0n) is 9.41. The molecule has 0 saturated heterocycles. The van der Waals surface area contributed by atoms with Crippen LogP contribution in [0.15, 0.2) is 0 Å². The monoisotopic (exact) mass is 197 g/mol. The van der Waals surface area contributed by atoms with Gasteiger partial charge in [-0.15, -0.1) is 0 Å². The standard InChI is InChI=1S/C6H7NO.C5H12O/c7-3-6(4-8)5-1-2-5;1-5(2,3)6-4/h4-6H,1-2H2;1-4H3. The molecule has 1 aliphatic carbocycles. The molecule has 14 heavy (non-hydrogen) atoms. The van der Waals surface area contributed by atoms with Gasteiger partial charge in [0.2, 0.25) is 0 Å². The minimum absolute atomic E-state index is 0.0417. The summed E-state index contributed by atoms with van der Waals surface area (Å²) in [6.45, 7) is 6.06. The predicted molar refractivity (Wildman–Crippen MR) is 54.7 cm³/mol. The Hall–Kier alpha value is -0.880. The second-order valence-corrected chi connectivity index (χ2v) is 4.44. The highest BCUT2D eigenvalue weighted by Crippen LogP contribution is 2.35. The van der Waals surface area contributed by atoms with Crippen LogP contribution in [-0.2, 0) is 9.53 Å². The lowest BCUT2D eigenvalue weighted by molar-refractivity contribution is -0.110. The number of nitrogens with zero attached hydrogens (tertiary/aromatic N) is 1. The van der Waals surface area contributed by atoms with E-state index in [1.165, 1.54) is 0 Å². The molecule has 0 spiro atoms. The summed E-state index contributed by atoms with van der Waals surface area (Å²) < 4.78 is 4.94. The Kier molecular flexibility index (Phi) is 5.40. The number of carbonyl (C=O) groups excluding carboxylic acids is 1. The van der Waals surface area contributed by atoms with Crippen molar-refractivity contribution >= 4 is 6.29 Å². The Morgan fingerprint density at radius 2 is 1.93 bits per heavy atom. The molecule has 1 fully saturated rings. The SMILES string of the molecule is COC(C)(C)C.N#CC(C=O)C1CC1. The molecular weight excluding hydrogens is 178 g/mol. The number of carbonyl (C=O) groups is 1. The van der Waals surface area contributed by atoms with Crippen LogP contribution < -0.4 is 0 Å². The van der Waals surface area contributed by atoms with Gasteiger partial charge in [0.05, 0.1) is 11.7 Å². The van der Waals surface area contributed by atoms with E-state index in [-0.39, 0.29) is 11.5 Å². The van der Waals surface area contributed by atoms with E-state index in [9.17, 15) is 4.79 Å². The van der Waals surface area contributed by atoms with Crippen molar-refractivity contribution < 1.29 is 9.53 Å². The van der Waals surface area contributed by atoms with Crippen LogP contribution in [0.2, 0.25) is 0 Å². The fourth-order valence-electron chi connectivity index (χ4n) is 0.702. The summed E-state index contributed by atoms with van der Waals surface area (Å²) in [7, 11) is 1.71. The van der Waals surface area contributed by atoms with Gasteiger partial charge in [-0.2, -0.15) is 5.26 Å². The lowest BCUT2D eigenvalue weighted by Gasteiger charge is -2.14. The maximum absolute atomic E-state index is 10.00. The van der Waals surface area contributed by atoms with Crippen LogP contribution in [0.4, 0.5) is 0 Å². The zero-order valence-corrected chi connectivity index (χ0v) is 9.41. The molecule has 0 amide bonds. The number of ether oxygens (including phenoxy) is 1. The van der Waals surface area contributed by atoms with Crippen molar-refractivity contribution in [2.24, 2.45) is 11.8 Å². The molecule has 1 aliphatic rings. The van der Waals surface area contributed by atoms with Crippen LogP contribution in [0.3, 0.4) is 0 Å². The van der Waals surface area contributed by atoms with Crippen LogP contribution in [0.25, 0.3) is 0 Å². The van der Waals surface area contributed by atoms with Crippen molar-refractivity contribution in [2.75, 3.05) is 7.11 Å². The fourth-order valence-corrected chi connectivity index (χ4v) is 0.702. The molecule has 80 valence electrons. The van der Waals surface area contributed by atoms with Gasteiger partial charge < -0.3 is 9.53 Å². The summed E-state index contributed by atoms with van der Waals surface area (Å²) in [6, 6.07) is 1.95. The van der Waals surface area contributed by atoms with Gasteiger partial charge in [0, 0.05) is 7.11 Å². The molecule has 1 atom stereocenters. The highest BCUT2D eigenvalue weighted by Gasteiger charge is 2.30. The van der Waals surface area contributed by atoms with Gasteiger partial charge >= 0.3 is 0 Å². The molecule has 1 rings (SSSR count). The summed E-state index contributed by atoms with van der Waals surface area (Å²) in [5.74, 6) is 0.0903. The third-order valence-electron chi connectivity index (χ3n) is 2.04. The van der Waals surface area contributed by atoms with Crippen LogP contribution in [-0.4, -0.2) is 19.0 Å². The molecule has 1 saturated carbocycles. The number of rotatable bonds is 2. The number of aldehydes is 1. The summed E-state index contributed by atoms with van der Waals surface area (Å²) >= 11 is 0. The first kappa shape index (κ1) is 13.1. The topological polar surface area (TPSA) is 50.1 Å². The summed E-state index contributed by atoms with van der Waals surface area (Å²) in [5.41, 5.74) is 0.0417. The molecule has 0 aromatic heterocycles. The molecule has 0 aliphatic heterocycles. The van der Waals surface area contributed by atoms with E-state index in [4.69, 9.17) is 10.00 Å². The second-order valence-electron chi connectivity index (χ2n) is 4.44. The first-order valence-corrected chi connectivity index (χ1v) is 4.84. The Bertz CT molecular complexity index is 208.